The second-order valence-corrected chi connectivity index (χ2v) is 4.74. The molecular weight excluding hydrogens is 292 g/mol. The molecule has 1 heterocycles. The summed E-state index contributed by atoms with van der Waals surface area (Å²) in [5.41, 5.74) is 1.47. The van der Waals surface area contributed by atoms with Gasteiger partial charge in [-0.1, -0.05) is 36.4 Å². The van der Waals surface area contributed by atoms with Crippen molar-refractivity contribution in [2.24, 2.45) is 5.10 Å². The van der Waals surface area contributed by atoms with Crippen molar-refractivity contribution in [2.75, 3.05) is 6.61 Å². The average Bonchev–Trinajstić information content (AvgIpc) is 3.05. The standard InChI is InChI=1S/C17H16N4O2/c1-2-23-15-10-6-9-14(16(15)22)11-19-21-12-18-20-17(21)13-7-4-3-5-8-13/h3-12,22H,2H2,1H3/b19-11+. The number of phenols is 1. The molecule has 0 bridgehead atoms. The van der Waals surface area contributed by atoms with Crippen LogP contribution in [-0.4, -0.2) is 32.8 Å². The Bertz CT molecular complexity index is 812. The number of ether oxygens (including phenoxy) is 1. The largest absolute Gasteiger partial charge is 0.504 e. The lowest BCUT2D eigenvalue weighted by Gasteiger charge is -2.07. The first-order valence-electron chi connectivity index (χ1n) is 7.24. The molecule has 1 aromatic heterocycles. The summed E-state index contributed by atoms with van der Waals surface area (Å²) in [6.07, 6.45) is 3.07. The van der Waals surface area contributed by atoms with E-state index in [1.54, 1.807) is 29.1 Å². The Balaban J connectivity index is 1.90. The maximum Gasteiger partial charge on any atom is 0.184 e. The van der Waals surface area contributed by atoms with Crippen LogP contribution in [0.1, 0.15) is 12.5 Å². The Hall–Kier alpha value is -3.15. The van der Waals surface area contributed by atoms with Gasteiger partial charge in [0.1, 0.15) is 6.33 Å². The zero-order chi connectivity index (χ0) is 16.1. The highest BCUT2D eigenvalue weighted by Gasteiger charge is 2.08. The quantitative estimate of drug-likeness (QED) is 0.736. The third kappa shape index (κ3) is 3.21. The van der Waals surface area contributed by atoms with Crippen LogP contribution in [0.3, 0.4) is 0 Å². The summed E-state index contributed by atoms with van der Waals surface area (Å²) in [7, 11) is 0. The minimum absolute atomic E-state index is 0.0624. The number of phenolic OH excluding ortho intramolecular Hbond substituents is 1. The van der Waals surface area contributed by atoms with Gasteiger partial charge in [0.2, 0.25) is 0 Å². The lowest BCUT2D eigenvalue weighted by atomic mass is 10.2. The predicted molar refractivity (Wildman–Crippen MR) is 87.7 cm³/mol. The van der Waals surface area contributed by atoms with Gasteiger partial charge in [-0.2, -0.15) is 9.78 Å². The number of rotatable bonds is 5. The summed E-state index contributed by atoms with van der Waals surface area (Å²) in [5.74, 6) is 1.12. The molecule has 0 spiro atoms. The zero-order valence-electron chi connectivity index (χ0n) is 12.6. The smallest absolute Gasteiger partial charge is 0.184 e. The van der Waals surface area contributed by atoms with Crippen LogP contribution in [0.5, 0.6) is 11.5 Å². The van der Waals surface area contributed by atoms with Gasteiger partial charge in [-0.3, -0.25) is 0 Å². The second kappa shape index (κ2) is 6.74. The van der Waals surface area contributed by atoms with Crippen LogP contribution >= 0.6 is 0 Å². The number of nitrogens with zero attached hydrogens (tertiary/aromatic N) is 4. The summed E-state index contributed by atoms with van der Waals surface area (Å²) in [6.45, 7) is 2.35. The number of aromatic hydroxyl groups is 1. The number of para-hydroxylation sites is 1. The molecule has 0 saturated heterocycles. The van der Waals surface area contributed by atoms with Gasteiger partial charge in [-0.05, 0) is 19.1 Å². The van der Waals surface area contributed by atoms with Crippen LogP contribution in [0.15, 0.2) is 60.0 Å². The van der Waals surface area contributed by atoms with Gasteiger partial charge in [-0.15, -0.1) is 10.2 Å². The summed E-state index contributed by atoms with van der Waals surface area (Å²) < 4.78 is 6.92. The van der Waals surface area contributed by atoms with Crippen LogP contribution in [0.4, 0.5) is 0 Å². The van der Waals surface area contributed by atoms with Crippen LogP contribution in [0, 0.1) is 0 Å². The zero-order valence-corrected chi connectivity index (χ0v) is 12.6. The highest BCUT2D eigenvalue weighted by atomic mass is 16.5. The van der Waals surface area contributed by atoms with Gasteiger partial charge < -0.3 is 9.84 Å². The van der Waals surface area contributed by atoms with Crippen molar-refractivity contribution < 1.29 is 9.84 Å². The van der Waals surface area contributed by atoms with E-state index < -0.39 is 0 Å². The third-order valence-electron chi connectivity index (χ3n) is 3.21. The molecule has 0 aliphatic rings. The highest BCUT2D eigenvalue weighted by Crippen LogP contribution is 2.28. The lowest BCUT2D eigenvalue weighted by molar-refractivity contribution is 0.318. The first-order valence-corrected chi connectivity index (χ1v) is 7.24. The van der Waals surface area contributed by atoms with Crippen LogP contribution < -0.4 is 4.74 Å². The molecule has 2 aromatic carbocycles. The van der Waals surface area contributed by atoms with Crippen LogP contribution in [-0.2, 0) is 0 Å². The van der Waals surface area contributed by atoms with Gasteiger partial charge in [0.25, 0.3) is 0 Å². The van der Waals surface area contributed by atoms with Crippen molar-refractivity contribution in [2.45, 2.75) is 6.92 Å². The van der Waals surface area contributed by atoms with Crippen molar-refractivity contribution in [3.05, 3.63) is 60.4 Å². The lowest BCUT2D eigenvalue weighted by Crippen LogP contribution is -1.96. The molecule has 3 aromatic rings. The normalized spacial score (nSPS) is 11.0. The van der Waals surface area contributed by atoms with Crippen LogP contribution in [0.2, 0.25) is 0 Å². The van der Waals surface area contributed by atoms with E-state index in [4.69, 9.17) is 4.74 Å². The maximum atomic E-state index is 10.2. The second-order valence-electron chi connectivity index (χ2n) is 4.74. The van der Waals surface area contributed by atoms with Crippen LogP contribution in [0.25, 0.3) is 11.4 Å². The van der Waals surface area contributed by atoms with E-state index in [1.807, 2.05) is 37.3 Å². The van der Waals surface area contributed by atoms with E-state index in [9.17, 15) is 5.11 Å². The Labute approximate surface area is 133 Å². The van der Waals surface area contributed by atoms with Gasteiger partial charge in [0.05, 0.1) is 12.8 Å². The minimum Gasteiger partial charge on any atom is -0.504 e. The van der Waals surface area contributed by atoms with Gasteiger partial charge >= 0.3 is 0 Å². The first-order chi connectivity index (χ1) is 11.3. The first kappa shape index (κ1) is 14.8. The van der Waals surface area contributed by atoms with Crippen molar-refractivity contribution in [1.82, 2.24) is 14.9 Å². The topological polar surface area (TPSA) is 72.5 Å². The van der Waals surface area contributed by atoms with Gasteiger partial charge in [-0.25, -0.2) is 0 Å². The SMILES string of the molecule is CCOc1cccc(/C=N/n2cnnc2-c2ccccc2)c1O. The molecule has 0 fully saturated rings. The molecule has 3 rings (SSSR count). The molecule has 0 atom stereocenters. The fourth-order valence-corrected chi connectivity index (χ4v) is 2.13. The molecule has 0 radical (unpaired) electrons. The number of hydrogen-bond donors (Lipinski definition) is 1. The Morgan fingerprint density at radius 1 is 1.17 bits per heavy atom. The molecule has 1 N–H and O–H groups in total. The molecule has 0 aliphatic carbocycles. The number of hydrogen-bond acceptors (Lipinski definition) is 5. The highest BCUT2D eigenvalue weighted by molar-refractivity contribution is 5.84. The maximum absolute atomic E-state index is 10.2. The van der Waals surface area contributed by atoms with E-state index in [-0.39, 0.29) is 5.75 Å². The summed E-state index contributed by atoms with van der Waals surface area (Å²) in [6, 6.07) is 14.9. The predicted octanol–water partition coefficient (Wildman–Crippen LogP) is 2.93. The van der Waals surface area contributed by atoms with E-state index >= 15 is 0 Å². The molecule has 0 aliphatic heterocycles. The Morgan fingerprint density at radius 3 is 2.78 bits per heavy atom. The average molecular weight is 308 g/mol. The monoisotopic (exact) mass is 308 g/mol. The third-order valence-corrected chi connectivity index (χ3v) is 3.21. The summed E-state index contributed by atoms with van der Waals surface area (Å²) in [4.78, 5) is 0. The Morgan fingerprint density at radius 2 is 2.00 bits per heavy atom. The van der Waals surface area contributed by atoms with Gasteiger partial charge in [0, 0.05) is 11.1 Å². The van der Waals surface area contributed by atoms with E-state index in [0.29, 0.717) is 23.7 Å². The van der Waals surface area contributed by atoms with Crippen molar-refractivity contribution in [3.8, 4) is 22.9 Å². The molecule has 0 amide bonds. The van der Waals surface area contributed by atoms with Crippen molar-refractivity contribution in [1.29, 1.82) is 0 Å². The van der Waals surface area contributed by atoms with Gasteiger partial charge in [0.15, 0.2) is 17.3 Å². The molecular formula is C17H16N4O2. The number of aromatic nitrogens is 3. The molecule has 0 saturated carbocycles. The van der Waals surface area contributed by atoms with E-state index in [0.717, 1.165) is 5.56 Å². The van der Waals surface area contributed by atoms with E-state index in [1.165, 1.54) is 6.33 Å². The van der Waals surface area contributed by atoms with Crippen molar-refractivity contribution in [3.63, 3.8) is 0 Å². The molecule has 116 valence electrons. The fraction of sp³-hybridized carbons (Fsp3) is 0.118. The summed E-state index contributed by atoms with van der Waals surface area (Å²) >= 11 is 0. The molecule has 6 heteroatoms. The van der Waals surface area contributed by atoms with E-state index in [2.05, 4.69) is 15.3 Å². The fourth-order valence-electron chi connectivity index (χ4n) is 2.13. The van der Waals surface area contributed by atoms with Crippen molar-refractivity contribution >= 4 is 6.21 Å². The molecule has 0 unspecified atom stereocenters. The molecule has 6 nitrogen and oxygen atoms in total. The summed E-state index contributed by atoms with van der Waals surface area (Å²) in [5, 5.41) is 22.5. The number of benzene rings is 2. The Kier molecular flexibility index (Phi) is 4.33. The molecule has 23 heavy (non-hydrogen) atoms. The minimum atomic E-state index is 0.0624.